The Balaban J connectivity index is 2.33. The molecule has 0 aliphatic heterocycles. The average Bonchev–Trinajstić information content (AvgIpc) is 2.63. The Morgan fingerprint density at radius 3 is 2.71 bits per heavy atom. The van der Waals surface area contributed by atoms with Gasteiger partial charge in [-0.2, -0.15) is 0 Å². The first-order valence-electron chi connectivity index (χ1n) is 6.77. The highest BCUT2D eigenvalue weighted by atomic mass is 32.1. The zero-order valence-corrected chi connectivity index (χ0v) is 14.1. The summed E-state index contributed by atoms with van der Waals surface area (Å²) < 4.78 is 1.45. The molecule has 0 saturated carbocycles. The normalized spacial score (nSPS) is 16.6. The van der Waals surface area contributed by atoms with E-state index in [9.17, 15) is 14.7 Å². The van der Waals surface area contributed by atoms with Gasteiger partial charge in [-0.15, -0.1) is 11.3 Å². The van der Waals surface area contributed by atoms with Crippen LogP contribution in [0.4, 0.5) is 5.00 Å². The molecule has 0 saturated heterocycles. The summed E-state index contributed by atoms with van der Waals surface area (Å²) >= 11 is 5.42. The number of carboxylic acid groups (broad SMARTS) is 1. The van der Waals surface area contributed by atoms with Crippen molar-refractivity contribution in [3.8, 4) is 0 Å². The van der Waals surface area contributed by atoms with E-state index in [2.05, 4.69) is 32.0 Å². The number of hydrogen-bond acceptors (Lipinski definition) is 5. The largest absolute Gasteiger partial charge is 0.478 e. The number of carbonyl (C=O) groups excluding carboxylic acids is 1. The lowest BCUT2D eigenvalue weighted by Gasteiger charge is -2.29. The fourth-order valence-corrected chi connectivity index (χ4v) is 3.96. The van der Waals surface area contributed by atoms with Gasteiger partial charge in [0.05, 0.1) is 12.1 Å². The van der Waals surface area contributed by atoms with Crippen molar-refractivity contribution in [2.45, 2.75) is 33.1 Å². The second kappa shape index (κ2) is 5.98. The minimum Gasteiger partial charge on any atom is -0.478 e. The third-order valence-corrected chi connectivity index (χ3v) is 4.96. The van der Waals surface area contributed by atoms with E-state index in [0.29, 0.717) is 5.00 Å². The number of likely N-dealkylation sites (N-methyl/N-ethyl adjacent to an activating group) is 1. The van der Waals surface area contributed by atoms with Crippen LogP contribution < -0.4 is 5.32 Å². The molecule has 1 amide bonds. The molecule has 116 valence electrons. The van der Waals surface area contributed by atoms with Crippen molar-refractivity contribution in [1.29, 1.82) is 0 Å². The lowest BCUT2D eigenvalue weighted by molar-refractivity contribution is -0.116. The van der Waals surface area contributed by atoms with Crippen LogP contribution in [0.5, 0.6) is 0 Å². The molecule has 2 rings (SSSR count). The maximum absolute atomic E-state index is 11.8. The smallest absolute Gasteiger partial charge is 0.339 e. The highest BCUT2D eigenvalue weighted by molar-refractivity contribution is 7.77. The number of nitrogens with one attached hydrogen (secondary N) is 1. The van der Waals surface area contributed by atoms with Gasteiger partial charge in [0.2, 0.25) is 5.91 Å². The molecular weight excluding hydrogens is 308 g/mol. The minimum atomic E-state index is -0.972. The number of rotatable bonds is 4. The van der Waals surface area contributed by atoms with Crippen LogP contribution in [0, 0.1) is 5.41 Å². The van der Waals surface area contributed by atoms with Gasteiger partial charge < -0.3 is 10.4 Å². The second-order valence-corrected chi connectivity index (χ2v) is 8.01. The van der Waals surface area contributed by atoms with Crippen LogP contribution in [0.15, 0.2) is 0 Å². The molecule has 7 heteroatoms. The molecule has 0 spiro atoms. The standard InChI is InChI=1S/C14H20N2O3S2/c1-14(2)5-4-9-8(6-14)11(13(18)19)12(21-9)15-10(17)7-16(3)20/h20H,4-7H2,1-3H3,(H,15,17)(H,18,19). The Bertz CT molecular complexity index is 579. The van der Waals surface area contributed by atoms with Crippen molar-refractivity contribution in [3.63, 3.8) is 0 Å². The Morgan fingerprint density at radius 1 is 1.48 bits per heavy atom. The first-order chi connectivity index (χ1) is 9.69. The average molecular weight is 328 g/mol. The first kappa shape index (κ1) is 16.3. The molecule has 0 radical (unpaired) electrons. The molecule has 0 unspecified atom stereocenters. The fraction of sp³-hybridized carbons (Fsp3) is 0.571. The molecule has 0 aromatic carbocycles. The number of aryl methyl sites for hydroxylation is 1. The van der Waals surface area contributed by atoms with Crippen LogP contribution in [0.25, 0.3) is 0 Å². The van der Waals surface area contributed by atoms with Gasteiger partial charge >= 0.3 is 5.97 Å². The van der Waals surface area contributed by atoms with Gasteiger partial charge in [-0.05, 0) is 37.3 Å². The van der Waals surface area contributed by atoms with Crippen LogP contribution >= 0.6 is 24.2 Å². The Labute approximate surface area is 133 Å². The third kappa shape index (κ3) is 3.78. The predicted octanol–water partition coefficient (Wildman–Crippen LogP) is 2.68. The van der Waals surface area contributed by atoms with Crippen molar-refractivity contribution >= 4 is 41.0 Å². The van der Waals surface area contributed by atoms with E-state index in [1.54, 1.807) is 7.05 Å². The Hall–Kier alpha value is -1.05. The molecule has 1 aliphatic rings. The number of hydrogen-bond donors (Lipinski definition) is 3. The number of carbonyl (C=O) groups is 2. The van der Waals surface area contributed by atoms with Crippen molar-refractivity contribution in [3.05, 3.63) is 16.0 Å². The topological polar surface area (TPSA) is 69.6 Å². The van der Waals surface area contributed by atoms with Crippen LogP contribution in [0.3, 0.4) is 0 Å². The zero-order chi connectivity index (χ0) is 15.8. The molecule has 1 heterocycles. The van der Waals surface area contributed by atoms with E-state index in [0.717, 1.165) is 29.7 Å². The summed E-state index contributed by atoms with van der Waals surface area (Å²) in [4.78, 5) is 24.5. The SMILES string of the molecule is CN(S)CC(=O)Nc1sc2c(c1C(=O)O)CC(C)(C)CC2. The molecular formula is C14H20N2O3S2. The predicted molar refractivity (Wildman–Crippen MR) is 87.3 cm³/mol. The van der Waals surface area contributed by atoms with E-state index in [1.807, 2.05) is 0 Å². The number of anilines is 1. The van der Waals surface area contributed by atoms with Crippen LogP contribution in [-0.2, 0) is 17.6 Å². The van der Waals surface area contributed by atoms with Crippen molar-refractivity contribution < 1.29 is 14.7 Å². The van der Waals surface area contributed by atoms with Gasteiger partial charge in [-0.1, -0.05) is 26.7 Å². The maximum atomic E-state index is 11.8. The van der Waals surface area contributed by atoms with Gasteiger partial charge in [0.15, 0.2) is 0 Å². The molecule has 5 nitrogen and oxygen atoms in total. The molecule has 0 atom stereocenters. The molecule has 1 aromatic rings. The van der Waals surface area contributed by atoms with E-state index < -0.39 is 5.97 Å². The summed E-state index contributed by atoms with van der Waals surface area (Å²) in [6.45, 7) is 4.40. The first-order valence-corrected chi connectivity index (χ1v) is 7.99. The number of carboxylic acids is 1. The number of thiol groups is 1. The zero-order valence-electron chi connectivity index (χ0n) is 12.4. The lowest BCUT2D eigenvalue weighted by atomic mass is 9.76. The summed E-state index contributed by atoms with van der Waals surface area (Å²) in [5.41, 5.74) is 1.25. The summed E-state index contributed by atoms with van der Waals surface area (Å²) in [6, 6.07) is 0. The highest BCUT2D eigenvalue weighted by Crippen LogP contribution is 2.43. The summed E-state index contributed by atoms with van der Waals surface area (Å²) in [6.07, 6.45) is 2.64. The summed E-state index contributed by atoms with van der Waals surface area (Å²) in [5.74, 6) is -1.23. The summed E-state index contributed by atoms with van der Waals surface area (Å²) in [5, 5.41) is 12.7. The van der Waals surface area contributed by atoms with E-state index in [-0.39, 0.29) is 23.4 Å². The number of fused-ring (bicyclic) bond motifs is 1. The van der Waals surface area contributed by atoms with E-state index in [1.165, 1.54) is 15.6 Å². The van der Waals surface area contributed by atoms with Gasteiger partial charge in [-0.25, -0.2) is 9.10 Å². The molecule has 21 heavy (non-hydrogen) atoms. The quantitative estimate of drug-likeness (QED) is 0.743. The number of thiophene rings is 1. The van der Waals surface area contributed by atoms with Crippen LogP contribution in [-0.4, -0.2) is 34.9 Å². The Kier molecular flexibility index (Phi) is 4.65. The summed E-state index contributed by atoms with van der Waals surface area (Å²) in [7, 11) is 1.67. The van der Waals surface area contributed by atoms with Gasteiger partial charge in [0.1, 0.15) is 5.00 Å². The minimum absolute atomic E-state index is 0.102. The van der Waals surface area contributed by atoms with Gasteiger partial charge in [-0.3, -0.25) is 4.79 Å². The van der Waals surface area contributed by atoms with E-state index >= 15 is 0 Å². The van der Waals surface area contributed by atoms with Crippen molar-refractivity contribution in [2.75, 3.05) is 18.9 Å². The monoisotopic (exact) mass is 328 g/mol. The molecule has 1 aromatic heterocycles. The van der Waals surface area contributed by atoms with Crippen molar-refractivity contribution in [2.24, 2.45) is 5.41 Å². The lowest BCUT2D eigenvalue weighted by Crippen LogP contribution is -2.25. The van der Waals surface area contributed by atoms with Crippen LogP contribution in [0.2, 0.25) is 0 Å². The highest BCUT2D eigenvalue weighted by Gasteiger charge is 2.33. The molecule has 2 N–H and O–H groups in total. The van der Waals surface area contributed by atoms with Crippen molar-refractivity contribution in [1.82, 2.24) is 4.31 Å². The number of amides is 1. The number of nitrogens with zero attached hydrogens (tertiary/aromatic N) is 1. The number of aromatic carboxylic acids is 1. The maximum Gasteiger partial charge on any atom is 0.339 e. The third-order valence-electron chi connectivity index (χ3n) is 3.61. The molecule has 1 aliphatic carbocycles. The van der Waals surface area contributed by atoms with Gasteiger partial charge in [0, 0.05) is 4.88 Å². The van der Waals surface area contributed by atoms with Crippen LogP contribution in [0.1, 0.15) is 41.1 Å². The van der Waals surface area contributed by atoms with E-state index in [4.69, 9.17) is 0 Å². The fourth-order valence-electron chi connectivity index (χ4n) is 2.61. The molecule has 0 bridgehead atoms. The van der Waals surface area contributed by atoms with Gasteiger partial charge in [0.25, 0.3) is 0 Å². The molecule has 0 fully saturated rings. The Morgan fingerprint density at radius 2 is 2.14 bits per heavy atom. The second-order valence-electron chi connectivity index (χ2n) is 6.22.